The summed E-state index contributed by atoms with van der Waals surface area (Å²) in [5.41, 5.74) is 0.549. The van der Waals surface area contributed by atoms with E-state index in [4.69, 9.17) is 4.74 Å². The molecule has 0 unspecified atom stereocenters. The van der Waals surface area contributed by atoms with Gasteiger partial charge in [-0.15, -0.1) is 0 Å². The Balaban J connectivity index is 3.67. The van der Waals surface area contributed by atoms with Crippen molar-refractivity contribution in [2.24, 2.45) is 11.3 Å². The molecule has 0 saturated heterocycles. The third-order valence-electron chi connectivity index (χ3n) is 3.33. The van der Waals surface area contributed by atoms with Crippen molar-refractivity contribution in [3.63, 3.8) is 0 Å². The first-order valence-corrected chi connectivity index (χ1v) is 7.57. The average molecular weight is 268 g/mol. The van der Waals surface area contributed by atoms with E-state index in [-0.39, 0.29) is 11.4 Å². The highest BCUT2D eigenvalue weighted by atomic mass is 16.5. The molecule has 0 aliphatic carbocycles. The Bertz CT molecular complexity index is 277. The second kappa shape index (κ2) is 9.17. The molecular formula is C17H32O2. The molecule has 2 heteroatoms. The van der Waals surface area contributed by atoms with Crippen molar-refractivity contribution in [3.8, 4) is 0 Å². The quantitative estimate of drug-likeness (QED) is 0.312. The molecular weight excluding hydrogens is 236 g/mol. The molecule has 2 nitrogen and oxygen atoms in total. The third kappa shape index (κ3) is 10.8. The van der Waals surface area contributed by atoms with Crippen molar-refractivity contribution in [1.29, 1.82) is 0 Å². The molecule has 0 aromatic heterocycles. The molecule has 0 aromatic rings. The maximum atomic E-state index is 11.3. The van der Waals surface area contributed by atoms with Crippen molar-refractivity contribution in [1.82, 2.24) is 0 Å². The van der Waals surface area contributed by atoms with Gasteiger partial charge in [-0.25, -0.2) is 4.79 Å². The Morgan fingerprint density at radius 3 is 2.26 bits per heavy atom. The van der Waals surface area contributed by atoms with Gasteiger partial charge >= 0.3 is 5.97 Å². The summed E-state index contributed by atoms with van der Waals surface area (Å²) in [4.78, 5) is 11.3. The molecule has 0 radical (unpaired) electrons. The first kappa shape index (κ1) is 18.2. The Morgan fingerprint density at radius 2 is 1.74 bits per heavy atom. The fourth-order valence-corrected chi connectivity index (χ4v) is 1.97. The first-order valence-electron chi connectivity index (χ1n) is 7.57. The van der Waals surface area contributed by atoms with Crippen LogP contribution in [-0.2, 0) is 9.53 Å². The maximum absolute atomic E-state index is 11.3. The number of esters is 1. The van der Waals surface area contributed by atoms with Crippen molar-refractivity contribution in [2.45, 2.75) is 73.1 Å². The fraction of sp³-hybridized carbons (Fsp3) is 0.824. The van der Waals surface area contributed by atoms with Gasteiger partial charge in [-0.05, 0) is 24.7 Å². The zero-order valence-electron chi connectivity index (χ0n) is 13.6. The van der Waals surface area contributed by atoms with Gasteiger partial charge in [-0.2, -0.15) is 0 Å². The van der Waals surface area contributed by atoms with Crippen LogP contribution in [0.4, 0.5) is 0 Å². The number of hydrogen-bond donors (Lipinski definition) is 0. The Hall–Kier alpha value is -0.790. The van der Waals surface area contributed by atoms with E-state index < -0.39 is 0 Å². The van der Waals surface area contributed by atoms with Gasteiger partial charge in [0.25, 0.3) is 0 Å². The van der Waals surface area contributed by atoms with E-state index in [1.807, 2.05) is 0 Å². The van der Waals surface area contributed by atoms with Crippen LogP contribution in [0.15, 0.2) is 12.2 Å². The number of carbonyl (C=O) groups excluding carboxylic acids is 1. The van der Waals surface area contributed by atoms with Crippen LogP contribution in [0, 0.1) is 11.3 Å². The number of hydrogen-bond acceptors (Lipinski definition) is 2. The number of ether oxygens (including phenoxy) is 1. The summed E-state index contributed by atoms with van der Waals surface area (Å²) in [5, 5.41) is 0. The minimum Gasteiger partial charge on any atom is -0.462 e. The number of unbranched alkanes of at least 4 members (excludes halogenated alkanes) is 3. The molecule has 0 bridgehead atoms. The van der Waals surface area contributed by atoms with E-state index in [0.717, 1.165) is 12.3 Å². The Labute approximate surface area is 119 Å². The van der Waals surface area contributed by atoms with E-state index in [1.165, 1.54) is 32.1 Å². The van der Waals surface area contributed by atoms with Gasteiger partial charge in [0.05, 0.1) is 6.61 Å². The zero-order valence-corrected chi connectivity index (χ0v) is 13.6. The molecule has 0 aliphatic rings. The summed E-state index contributed by atoms with van der Waals surface area (Å²) in [6.07, 6.45) is 7.60. The predicted molar refractivity (Wildman–Crippen MR) is 82.1 cm³/mol. The molecule has 112 valence electrons. The number of carbonyl (C=O) groups is 1. The molecule has 19 heavy (non-hydrogen) atoms. The van der Waals surface area contributed by atoms with Crippen LogP contribution < -0.4 is 0 Å². The summed E-state index contributed by atoms with van der Waals surface area (Å²) < 4.78 is 5.24. The topological polar surface area (TPSA) is 26.3 Å². The summed E-state index contributed by atoms with van der Waals surface area (Å²) in [6.45, 7) is 14.6. The van der Waals surface area contributed by atoms with Crippen LogP contribution >= 0.6 is 0 Å². The van der Waals surface area contributed by atoms with Gasteiger partial charge in [0.15, 0.2) is 0 Å². The molecule has 0 aliphatic heterocycles. The summed E-state index contributed by atoms with van der Waals surface area (Å²) in [7, 11) is 0. The third-order valence-corrected chi connectivity index (χ3v) is 3.33. The normalized spacial score (nSPS) is 11.7. The Morgan fingerprint density at radius 1 is 1.16 bits per heavy atom. The minimum absolute atomic E-state index is 0.0726. The van der Waals surface area contributed by atoms with Crippen molar-refractivity contribution >= 4 is 5.97 Å². The number of rotatable bonds is 10. The maximum Gasteiger partial charge on any atom is 0.333 e. The molecule has 0 N–H and O–H groups in total. The standard InChI is InChI=1S/C17H32O2/c1-14(2)11-9-7-8-10-12-17(5,6)13-19-16(18)15(3)4/h14H,3,7-13H2,1-2,4-6H3. The molecule has 0 fully saturated rings. The second-order valence-electron chi connectivity index (χ2n) is 6.87. The van der Waals surface area contributed by atoms with Gasteiger partial charge in [0.1, 0.15) is 0 Å². The Kier molecular flexibility index (Phi) is 8.79. The van der Waals surface area contributed by atoms with Crippen LogP contribution in [0.5, 0.6) is 0 Å². The zero-order chi connectivity index (χ0) is 14.9. The summed E-state index contributed by atoms with van der Waals surface area (Å²) >= 11 is 0. The van der Waals surface area contributed by atoms with Crippen LogP contribution in [0.3, 0.4) is 0 Å². The van der Waals surface area contributed by atoms with Crippen LogP contribution in [0.1, 0.15) is 73.1 Å². The minimum atomic E-state index is -0.273. The van der Waals surface area contributed by atoms with Gasteiger partial charge in [-0.3, -0.25) is 0 Å². The lowest BCUT2D eigenvalue weighted by Gasteiger charge is -2.24. The predicted octanol–water partition coefficient (Wildman–Crippen LogP) is 5.13. The highest BCUT2D eigenvalue weighted by Crippen LogP contribution is 2.25. The second-order valence-corrected chi connectivity index (χ2v) is 6.87. The van der Waals surface area contributed by atoms with E-state index in [0.29, 0.717) is 12.2 Å². The lowest BCUT2D eigenvalue weighted by molar-refractivity contribution is -0.142. The summed E-state index contributed by atoms with van der Waals surface area (Å²) in [5.74, 6) is 0.544. The summed E-state index contributed by atoms with van der Waals surface area (Å²) in [6, 6.07) is 0. The molecule has 0 atom stereocenters. The molecule has 0 saturated carbocycles. The highest BCUT2D eigenvalue weighted by Gasteiger charge is 2.19. The lowest BCUT2D eigenvalue weighted by Crippen LogP contribution is -2.22. The van der Waals surface area contributed by atoms with E-state index in [9.17, 15) is 4.79 Å². The van der Waals surface area contributed by atoms with Crippen molar-refractivity contribution in [2.75, 3.05) is 6.61 Å². The smallest absolute Gasteiger partial charge is 0.333 e. The van der Waals surface area contributed by atoms with Crippen LogP contribution in [0.2, 0.25) is 0 Å². The average Bonchev–Trinajstić information content (AvgIpc) is 2.30. The largest absolute Gasteiger partial charge is 0.462 e. The SMILES string of the molecule is C=C(C)C(=O)OCC(C)(C)CCCCCCC(C)C. The van der Waals surface area contributed by atoms with Crippen LogP contribution in [-0.4, -0.2) is 12.6 Å². The van der Waals surface area contributed by atoms with Gasteiger partial charge in [0.2, 0.25) is 0 Å². The van der Waals surface area contributed by atoms with E-state index in [1.54, 1.807) is 6.92 Å². The molecule has 0 amide bonds. The fourth-order valence-electron chi connectivity index (χ4n) is 1.97. The first-order chi connectivity index (χ1) is 8.74. The van der Waals surface area contributed by atoms with Crippen LogP contribution in [0.25, 0.3) is 0 Å². The molecule has 0 rings (SSSR count). The highest BCUT2D eigenvalue weighted by molar-refractivity contribution is 5.86. The van der Waals surface area contributed by atoms with Gasteiger partial charge < -0.3 is 4.74 Å². The van der Waals surface area contributed by atoms with Gasteiger partial charge in [0, 0.05) is 5.57 Å². The van der Waals surface area contributed by atoms with Crippen molar-refractivity contribution in [3.05, 3.63) is 12.2 Å². The van der Waals surface area contributed by atoms with Gasteiger partial charge in [-0.1, -0.05) is 66.4 Å². The van der Waals surface area contributed by atoms with E-state index >= 15 is 0 Å². The van der Waals surface area contributed by atoms with Crippen molar-refractivity contribution < 1.29 is 9.53 Å². The molecule has 0 spiro atoms. The van der Waals surface area contributed by atoms with E-state index in [2.05, 4.69) is 34.3 Å². The monoisotopic (exact) mass is 268 g/mol. The molecule has 0 aromatic carbocycles. The lowest BCUT2D eigenvalue weighted by atomic mass is 9.87. The molecule has 0 heterocycles.